The second-order valence-electron chi connectivity index (χ2n) is 5.58. The second-order valence-corrected chi connectivity index (χ2v) is 5.58. The highest BCUT2D eigenvalue weighted by molar-refractivity contribution is 5.43. The highest BCUT2D eigenvalue weighted by Crippen LogP contribution is 2.30. The van der Waals surface area contributed by atoms with Crippen molar-refractivity contribution in [2.24, 2.45) is 0 Å². The Morgan fingerprint density at radius 3 is 2.74 bits per heavy atom. The molecule has 0 aromatic carbocycles. The summed E-state index contributed by atoms with van der Waals surface area (Å²) >= 11 is 0. The second kappa shape index (κ2) is 5.04. The minimum Gasteiger partial charge on any atom is -0.349 e. The lowest BCUT2D eigenvalue weighted by Crippen LogP contribution is -2.53. The van der Waals surface area contributed by atoms with Crippen LogP contribution in [0.3, 0.4) is 0 Å². The van der Waals surface area contributed by atoms with Crippen LogP contribution in [0.1, 0.15) is 32.4 Å². The van der Waals surface area contributed by atoms with E-state index in [0.717, 1.165) is 25.7 Å². The number of aromatic nitrogens is 2. The summed E-state index contributed by atoms with van der Waals surface area (Å²) in [5, 5.41) is 0. The van der Waals surface area contributed by atoms with Gasteiger partial charge in [0, 0.05) is 31.7 Å². The van der Waals surface area contributed by atoms with Gasteiger partial charge < -0.3 is 4.90 Å². The van der Waals surface area contributed by atoms with E-state index in [9.17, 15) is 4.39 Å². The Morgan fingerprint density at radius 2 is 2.11 bits per heavy atom. The van der Waals surface area contributed by atoms with Gasteiger partial charge in [-0.2, -0.15) is 0 Å². The van der Waals surface area contributed by atoms with Gasteiger partial charge in [0.2, 0.25) is 0 Å². The van der Waals surface area contributed by atoms with Gasteiger partial charge in [-0.15, -0.1) is 0 Å². The summed E-state index contributed by atoms with van der Waals surface area (Å²) in [6.45, 7) is 6.95. The zero-order chi connectivity index (χ0) is 13.4. The topological polar surface area (TPSA) is 32.3 Å². The number of rotatable bonds is 3. The highest BCUT2D eigenvalue weighted by Gasteiger charge is 2.35. The molecule has 2 fully saturated rings. The molecule has 2 aliphatic rings. The van der Waals surface area contributed by atoms with E-state index in [2.05, 4.69) is 26.7 Å². The van der Waals surface area contributed by atoms with Gasteiger partial charge in [0.05, 0.1) is 5.69 Å². The van der Waals surface area contributed by atoms with Crippen LogP contribution in [0.25, 0.3) is 0 Å². The molecular formula is C14H21FN4. The van der Waals surface area contributed by atoms with Crippen LogP contribution in [-0.2, 0) is 6.42 Å². The molecule has 1 aromatic heterocycles. The summed E-state index contributed by atoms with van der Waals surface area (Å²) in [6, 6.07) is 1.09. The van der Waals surface area contributed by atoms with E-state index in [1.165, 1.54) is 19.2 Å². The number of anilines is 1. The molecule has 1 aliphatic heterocycles. The third kappa shape index (κ3) is 2.43. The molecule has 5 heteroatoms. The van der Waals surface area contributed by atoms with Crippen LogP contribution in [0.2, 0.25) is 0 Å². The van der Waals surface area contributed by atoms with E-state index in [4.69, 9.17) is 0 Å². The van der Waals surface area contributed by atoms with E-state index in [0.29, 0.717) is 24.0 Å². The molecule has 2 heterocycles. The van der Waals surface area contributed by atoms with Crippen molar-refractivity contribution < 1.29 is 4.39 Å². The largest absolute Gasteiger partial charge is 0.349 e. The molecule has 1 atom stereocenters. The third-order valence-electron chi connectivity index (χ3n) is 4.17. The molecule has 4 nitrogen and oxygen atoms in total. The lowest BCUT2D eigenvalue weighted by atomic mass is 10.1. The van der Waals surface area contributed by atoms with E-state index in [1.54, 1.807) is 0 Å². The van der Waals surface area contributed by atoms with Crippen molar-refractivity contribution in [2.45, 2.75) is 45.2 Å². The summed E-state index contributed by atoms with van der Waals surface area (Å²) in [5.74, 6) is 0.242. The predicted molar refractivity (Wildman–Crippen MR) is 72.8 cm³/mol. The van der Waals surface area contributed by atoms with Crippen LogP contribution in [-0.4, -0.2) is 46.6 Å². The molecule has 19 heavy (non-hydrogen) atoms. The lowest BCUT2D eigenvalue weighted by molar-refractivity contribution is 0.218. The Morgan fingerprint density at radius 1 is 1.32 bits per heavy atom. The Labute approximate surface area is 113 Å². The molecule has 1 unspecified atom stereocenters. The summed E-state index contributed by atoms with van der Waals surface area (Å²) in [6.07, 6.45) is 4.75. The fourth-order valence-corrected chi connectivity index (χ4v) is 2.91. The third-order valence-corrected chi connectivity index (χ3v) is 4.17. The van der Waals surface area contributed by atoms with Gasteiger partial charge in [-0.3, -0.25) is 4.90 Å². The molecule has 1 saturated heterocycles. The standard InChI is InChI=1S/C14H21FN4/c1-3-12-13(15)14(17-9-16-12)19-7-6-18(8-10(19)2)11-4-5-11/h9-11H,3-8H2,1-2H3. The van der Waals surface area contributed by atoms with Gasteiger partial charge in [0.25, 0.3) is 0 Å². The van der Waals surface area contributed by atoms with Crippen molar-refractivity contribution in [3.05, 3.63) is 17.8 Å². The fraction of sp³-hybridized carbons (Fsp3) is 0.714. The number of hydrogen-bond acceptors (Lipinski definition) is 4. The Kier molecular flexibility index (Phi) is 3.39. The van der Waals surface area contributed by atoms with Crippen LogP contribution >= 0.6 is 0 Å². The van der Waals surface area contributed by atoms with Crippen molar-refractivity contribution >= 4 is 5.82 Å². The Balaban J connectivity index is 1.78. The first-order chi connectivity index (χ1) is 9.20. The molecule has 0 spiro atoms. The molecule has 1 aromatic rings. The van der Waals surface area contributed by atoms with Crippen LogP contribution in [0.15, 0.2) is 6.33 Å². The van der Waals surface area contributed by atoms with Crippen molar-refractivity contribution in [2.75, 3.05) is 24.5 Å². The first-order valence-corrected chi connectivity index (χ1v) is 7.20. The fourth-order valence-electron chi connectivity index (χ4n) is 2.91. The average molecular weight is 264 g/mol. The molecular weight excluding hydrogens is 243 g/mol. The number of aryl methyl sites for hydroxylation is 1. The zero-order valence-corrected chi connectivity index (χ0v) is 11.6. The quantitative estimate of drug-likeness (QED) is 0.834. The number of halogens is 1. The van der Waals surface area contributed by atoms with Gasteiger partial charge in [-0.1, -0.05) is 6.92 Å². The molecule has 1 aliphatic carbocycles. The molecule has 3 rings (SSSR count). The van der Waals surface area contributed by atoms with Gasteiger partial charge in [-0.25, -0.2) is 14.4 Å². The Hall–Kier alpha value is -1.23. The zero-order valence-electron chi connectivity index (χ0n) is 11.6. The maximum atomic E-state index is 14.3. The maximum Gasteiger partial charge on any atom is 0.187 e. The lowest BCUT2D eigenvalue weighted by Gasteiger charge is -2.40. The first kappa shape index (κ1) is 12.8. The summed E-state index contributed by atoms with van der Waals surface area (Å²) in [5.41, 5.74) is 0.516. The minimum atomic E-state index is -0.239. The molecule has 0 radical (unpaired) electrons. The van der Waals surface area contributed by atoms with Gasteiger partial charge >= 0.3 is 0 Å². The minimum absolute atomic E-state index is 0.239. The van der Waals surface area contributed by atoms with Gasteiger partial charge in [-0.05, 0) is 26.2 Å². The van der Waals surface area contributed by atoms with Crippen LogP contribution in [0, 0.1) is 5.82 Å². The smallest absolute Gasteiger partial charge is 0.187 e. The first-order valence-electron chi connectivity index (χ1n) is 7.20. The summed E-state index contributed by atoms with van der Waals surface area (Å²) in [4.78, 5) is 12.8. The average Bonchev–Trinajstić information content (AvgIpc) is 3.24. The van der Waals surface area contributed by atoms with E-state index in [1.807, 2.05) is 6.92 Å². The van der Waals surface area contributed by atoms with E-state index >= 15 is 0 Å². The normalized spacial score (nSPS) is 24.8. The highest BCUT2D eigenvalue weighted by atomic mass is 19.1. The van der Waals surface area contributed by atoms with Gasteiger partial charge in [0.15, 0.2) is 11.6 Å². The van der Waals surface area contributed by atoms with E-state index in [-0.39, 0.29) is 5.82 Å². The van der Waals surface area contributed by atoms with Crippen LogP contribution in [0.5, 0.6) is 0 Å². The molecule has 0 N–H and O–H groups in total. The van der Waals surface area contributed by atoms with Crippen molar-refractivity contribution in [1.82, 2.24) is 14.9 Å². The molecule has 0 bridgehead atoms. The van der Waals surface area contributed by atoms with Crippen molar-refractivity contribution in [3.63, 3.8) is 0 Å². The monoisotopic (exact) mass is 264 g/mol. The predicted octanol–water partition coefficient (Wildman–Crippen LogP) is 1.85. The number of nitrogens with zero attached hydrogens (tertiary/aromatic N) is 4. The van der Waals surface area contributed by atoms with Gasteiger partial charge in [0.1, 0.15) is 6.33 Å². The number of piperazine rings is 1. The maximum absolute atomic E-state index is 14.3. The van der Waals surface area contributed by atoms with Crippen LogP contribution in [0.4, 0.5) is 10.2 Å². The molecule has 0 amide bonds. The Bertz CT molecular complexity index is 461. The molecule has 1 saturated carbocycles. The number of hydrogen-bond donors (Lipinski definition) is 0. The van der Waals surface area contributed by atoms with Crippen molar-refractivity contribution in [1.29, 1.82) is 0 Å². The van der Waals surface area contributed by atoms with Crippen molar-refractivity contribution in [3.8, 4) is 0 Å². The van der Waals surface area contributed by atoms with E-state index < -0.39 is 0 Å². The summed E-state index contributed by atoms with van der Waals surface area (Å²) < 4.78 is 14.3. The van der Waals surface area contributed by atoms with Crippen LogP contribution < -0.4 is 4.90 Å². The molecule has 104 valence electrons. The summed E-state index contributed by atoms with van der Waals surface area (Å²) in [7, 11) is 0. The SMILES string of the molecule is CCc1ncnc(N2CCN(C3CC3)CC2C)c1F.